The van der Waals surface area contributed by atoms with Crippen LogP contribution in [-0.2, 0) is 4.79 Å². The highest BCUT2D eigenvalue weighted by molar-refractivity contribution is 5.72. The van der Waals surface area contributed by atoms with Crippen molar-refractivity contribution in [1.82, 2.24) is 5.32 Å². The molecule has 2 nitrogen and oxygen atoms in total. The van der Waals surface area contributed by atoms with Crippen LogP contribution in [0.4, 0.5) is 0 Å². The van der Waals surface area contributed by atoms with Gasteiger partial charge in [-0.05, 0) is 24.7 Å². The van der Waals surface area contributed by atoms with E-state index in [0.29, 0.717) is 0 Å². The second kappa shape index (κ2) is 6.86. The second-order valence-electron chi connectivity index (χ2n) is 4.98. The molecule has 0 spiro atoms. The molecule has 0 bridgehead atoms. The van der Waals surface area contributed by atoms with Gasteiger partial charge >= 0.3 is 0 Å². The highest BCUT2D eigenvalue weighted by atomic mass is 16.1. The molecule has 1 N–H and O–H groups in total. The predicted octanol–water partition coefficient (Wildman–Crippen LogP) is 3.12. The zero-order valence-electron chi connectivity index (χ0n) is 10.2. The molecule has 2 atom stereocenters. The van der Waals surface area contributed by atoms with Crippen molar-refractivity contribution < 1.29 is 4.79 Å². The molecule has 0 saturated heterocycles. The lowest BCUT2D eigenvalue weighted by Crippen LogP contribution is -2.30. The average Bonchev–Trinajstić information content (AvgIpc) is 2.24. The van der Waals surface area contributed by atoms with Crippen molar-refractivity contribution in [3.63, 3.8) is 0 Å². The number of rotatable bonds is 5. The largest absolute Gasteiger partial charge is 0.356 e. The van der Waals surface area contributed by atoms with E-state index in [2.05, 4.69) is 12.2 Å². The van der Waals surface area contributed by atoms with Gasteiger partial charge in [0.05, 0.1) is 0 Å². The first-order chi connectivity index (χ1) is 7.22. The first-order valence-corrected chi connectivity index (χ1v) is 6.46. The summed E-state index contributed by atoms with van der Waals surface area (Å²) in [5, 5.41) is 2.95. The van der Waals surface area contributed by atoms with Gasteiger partial charge in [-0.2, -0.15) is 0 Å². The zero-order valence-corrected chi connectivity index (χ0v) is 10.2. The van der Waals surface area contributed by atoms with Crippen molar-refractivity contribution in [3.05, 3.63) is 0 Å². The fraction of sp³-hybridized carbons (Fsp3) is 0.923. The minimum Gasteiger partial charge on any atom is -0.356 e. The van der Waals surface area contributed by atoms with Crippen LogP contribution in [0.15, 0.2) is 0 Å². The molecule has 0 heterocycles. The normalized spacial score (nSPS) is 26.3. The van der Waals surface area contributed by atoms with Crippen molar-refractivity contribution in [1.29, 1.82) is 0 Å². The van der Waals surface area contributed by atoms with Crippen molar-refractivity contribution in [2.75, 3.05) is 6.54 Å². The maximum Gasteiger partial charge on any atom is 0.216 e. The SMILES string of the molecule is CCCCC1CCCC(CNC(C)=O)C1. The van der Waals surface area contributed by atoms with Crippen LogP contribution in [-0.4, -0.2) is 12.5 Å². The molecule has 1 saturated carbocycles. The maximum atomic E-state index is 10.8. The highest BCUT2D eigenvalue weighted by Crippen LogP contribution is 2.31. The van der Waals surface area contributed by atoms with Crippen molar-refractivity contribution in [3.8, 4) is 0 Å². The summed E-state index contributed by atoms with van der Waals surface area (Å²) in [4.78, 5) is 10.8. The van der Waals surface area contributed by atoms with Crippen LogP contribution < -0.4 is 5.32 Å². The van der Waals surface area contributed by atoms with Gasteiger partial charge in [0.25, 0.3) is 0 Å². The fourth-order valence-electron chi connectivity index (χ4n) is 2.63. The molecule has 1 aliphatic carbocycles. The summed E-state index contributed by atoms with van der Waals surface area (Å²) in [5.74, 6) is 1.78. The predicted molar refractivity (Wildman–Crippen MR) is 63.7 cm³/mol. The quantitative estimate of drug-likeness (QED) is 0.743. The topological polar surface area (TPSA) is 29.1 Å². The maximum absolute atomic E-state index is 10.8. The third-order valence-electron chi connectivity index (χ3n) is 3.50. The number of carbonyl (C=O) groups is 1. The molecule has 0 aromatic heterocycles. The van der Waals surface area contributed by atoms with Gasteiger partial charge in [0.1, 0.15) is 0 Å². The Balaban J connectivity index is 2.19. The Morgan fingerprint density at radius 3 is 2.73 bits per heavy atom. The van der Waals surface area contributed by atoms with Gasteiger partial charge in [0.2, 0.25) is 5.91 Å². The summed E-state index contributed by atoms with van der Waals surface area (Å²) in [6.07, 6.45) is 9.50. The van der Waals surface area contributed by atoms with E-state index in [1.807, 2.05) is 0 Å². The summed E-state index contributed by atoms with van der Waals surface area (Å²) in [6.45, 7) is 4.77. The second-order valence-corrected chi connectivity index (χ2v) is 4.98. The molecule has 0 aromatic rings. The molecule has 1 fully saturated rings. The Labute approximate surface area is 93.8 Å². The van der Waals surface area contributed by atoms with Crippen LogP contribution in [0, 0.1) is 11.8 Å². The molecule has 1 amide bonds. The molecule has 2 unspecified atom stereocenters. The summed E-state index contributed by atoms with van der Waals surface area (Å²) < 4.78 is 0. The smallest absolute Gasteiger partial charge is 0.216 e. The Kier molecular flexibility index (Phi) is 5.74. The van der Waals surface area contributed by atoms with E-state index >= 15 is 0 Å². The lowest BCUT2D eigenvalue weighted by Gasteiger charge is -2.29. The van der Waals surface area contributed by atoms with Gasteiger partial charge in [-0.3, -0.25) is 4.79 Å². The lowest BCUT2D eigenvalue weighted by molar-refractivity contribution is -0.119. The number of carbonyl (C=O) groups excluding carboxylic acids is 1. The standard InChI is InChI=1S/C13H25NO/c1-3-4-6-12-7-5-8-13(9-12)10-14-11(2)15/h12-13H,3-10H2,1-2H3,(H,14,15). The first kappa shape index (κ1) is 12.5. The summed E-state index contributed by atoms with van der Waals surface area (Å²) in [7, 11) is 0. The van der Waals surface area contributed by atoms with Crippen molar-refractivity contribution in [2.45, 2.75) is 58.8 Å². The Bertz CT molecular complexity index is 191. The molecule has 1 rings (SSSR count). The monoisotopic (exact) mass is 211 g/mol. The van der Waals surface area contributed by atoms with Crippen LogP contribution in [0.2, 0.25) is 0 Å². The number of nitrogens with one attached hydrogen (secondary N) is 1. The Morgan fingerprint density at radius 2 is 2.07 bits per heavy atom. The molecular formula is C13H25NO. The van der Waals surface area contributed by atoms with Crippen LogP contribution in [0.3, 0.4) is 0 Å². The molecular weight excluding hydrogens is 186 g/mol. The van der Waals surface area contributed by atoms with E-state index in [1.54, 1.807) is 6.92 Å². The molecule has 0 aromatic carbocycles. The number of hydrogen-bond acceptors (Lipinski definition) is 1. The van der Waals surface area contributed by atoms with Crippen molar-refractivity contribution >= 4 is 5.91 Å². The summed E-state index contributed by atoms with van der Waals surface area (Å²) in [5.41, 5.74) is 0. The molecule has 0 aliphatic heterocycles. The lowest BCUT2D eigenvalue weighted by atomic mass is 9.79. The van der Waals surface area contributed by atoms with E-state index in [9.17, 15) is 4.79 Å². The van der Waals surface area contributed by atoms with E-state index in [4.69, 9.17) is 0 Å². The number of hydrogen-bond donors (Lipinski definition) is 1. The van der Waals surface area contributed by atoms with Gasteiger partial charge in [0.15, 0.2) is 0 Å². The van der Waals surface area contributed by atoms with Crippen LogP contribution in [0.1, 0.15) is 58.8 Å². The Hall–Kier alpha value is -0.530. The minimum atomic E-state index is 0.116. The summed E-state index contributed by atoms with van der Waals surface area (Å²) in [6, 6.07) is 0. The third-order valence-corrected chi connectivity index (χ3v) is 3.50. The van der Waals surface area contributed by atoms with Gasteiger partial charge in [-0.25, -0.2) is 0 Å². The zero-order chi connectivity index (χ0) is 11.1. The van der Waals surface area contributed by atoms with Gasteiger partial charge in [-0.1, -0.05) is 39.0 Å². The van der Waals surface area contributed by atoms with Crippen molar-refractivity contribution in [2.24, 2.45) is 11.8 Å². The molecule has 88 valence electrons. The van der Waals surface area contributed by atoms with Crippen LogP contribution >= 0.6 is 0 Å². The van der Waals surface area contributed by atoms with Gasteiger partial charge < -0.3 is 5.32 Å². The average molecular weight is 211 g/mol. The van der Waals surface area contributed by atoms with Gasteiger partial charge in [0, 0.05) is 13.5 Å². The Morgan fingerprint density at radius 1 is 1.33 bits per heavy atom. The number of amides is 1. The van der Waals surface area contributed by atoms with Crippen LogP contribution in [0.5, 0.6) is 0 Å². The van der Waals surface area contributed by atoms with Crippen LogP contribution in [0.25, 0.3) is 0 Å². The third kappa shape index (κ3) is 5.19. The molecule has 1 aliphatic rings. The van der Waals surface area contributed by atoms with E-state index in [1.165, 1.54) is 44.9 Å². The number of unbranched alkanes of at least 4 members (excludes halogenated alkanes) is 1. The van der Waals surface area contributed by atoms with E-state index < -0.39 is 0 Å². The van der Waals surface area contributed by atoms with E-state index in [-0.39, 0.29) is 5.91 Å². The highest BCUT2D eigenvalue weighted by Gasteiger charge is 2.21. The molecule has 2 heteroatoms. The van der Waals surface area contributed by atoms with E-state index in [0.717, 1.165) is 18.4 Å². The first-order valence-electron chi connectivity index (χ1n) is 6.46. The summed E-state index contributed by atoms with van der Waals surface area (Å²) >= 11 is 0. The molecule has 15 heavy (non-hydrogen) atoms. The molecule has 0 radical (unpaired) electrons. The fourth-order valence-corrected chi connectivity index (χ4v) is 2.63. The van der Waals surface area contributed by atoms with Gasteiger partial charge in [-0.15, -0.1) is 0 Å². The minimum absolute atomic E-state index is 0.116.